The maximum atomic E-state index is 11.8. The maximum Gasteiger partial charge on any atom is 0.241 e. The summed E-state index contributed by atoms with van der Waals surface area (Å²) in [7, 11) is 0. The minimum absolute atomic E-state index is 0.148. The van der Waals surface area contributed by atoms with Gasteiger partial charge in [-0.1, -0.05) is 13.8 Å². The summed E-state index contributed by atoms with van der Waals surface area (Å²) in [5.41, 5.74) is 2.59. The van der Waals surface area contributed by atoms with Crippen LogP contribution in [0.3, 0.4) is 0 Å². The monoisotopic (exact) mass is 185 g/mol. The van der Waals surface area contributed by atoms with E-state index in [2.05, 4.69) is 5.43 Å². The van der Waals surface area contributed by atoms with Crippen molar-refractivity contribution >= 4 is 5.91 Å². The standard InChI is InChI=1S/C9H19N3O/c1-7(2)8(11-10)9(13)12-5-3-4-6-12/h7-8,11H,3-6,10H2,1-2H3/t8-/m0/s1. The highest BCUT2D eigenvalue weighted by Gasteiger charge is 2.27. The van der Waals surface area contributed by atoms with E-state index >= 15 is 0 Å². The second-order valence-corrected chi connectivity index (χ2v) is 3.92. The first kappa shape index (κ1) is 10.5. The van der Waals surface area contributed by atoms with Gasteiger partial charge >= 0.3 is 0 Å². The normalized spacial score (nSPS) is 19.5. The molecule has 4 nitrogen and oxygen atoms in total. The third kappa shape index (κ3) is 2.42. The van der Waals surface area contributed by atoms with E-state index < -0.39 is 0 Å². The van der Waals surface area contributed by atoms with Gasteiger partial charge in [-0.05, 0) is 18.8 Å². The highest BCUT2D eigenvalue weighted by atomic mass is 16.2. The Morgan fingerprint density at radius 2 is 1.92 bits per heavy atom. The number of hydrogen-bond donors (Lipinski definition) is 2. The lowest BCUT2D eigenvalue weighted by molar-refractivity contribution is -0.133. The molecule has 0 unspecified atom stereocenters. The average Bonchev–Trinajstić information content (AvgIpc) is 2.56. The molecule has 3 N–H and O–H groups in total. The first-order chi connectivity index (χ1) is 6.16. The Labute approximate surface area is 79.4 Å². The molecule has 1 rings (SSSR count). The van der Waals surface area contributed by atoms with Crippen molar-refractivity contribution in [2.45, 2.75) is 32.7 Å². The van der Waals surface area contributed by atoms with Crippen molar-refractivity contribution in [3.05, 3.63) is 0 Å². The smallest absolute Gasteiger partial charge is 0.241 e. The van der Waals surface area contributed by atoms with Crippen molar-refractivity contribution in [3.8, 4) is 0 Å². The van der Waals surface area contributed by atoms with E-state index in [1.54, 1.807) is 0 Å². The van der Waals surface area contributed by atoms with Gasteiger partial charge in [0.25, 0.3) is 0 Å². The molecule has 13 heavy (non-hydrogen) atoms. The second kappa shape index (κ2) is 4.58. The van der Waals surface area contributed by atoms with Crippen LogP contribution in [-0.2, 0) is 4.79 Å². The van der Waals surface area contributed by atoms with E-state index in [-0.39, 0.29) is 17.9 Å². The molecule has 4 heteroatoms. The van der Waals surface area contributed by atoms with Gasteiger partial charge in [0.05, 0.1) is 0 Å². The van der Waals surface area contributed by atoms with Crippen molar-refractivity contribution in [2.75, 3.05) is 13.1 Å². The van der Waals surface area contributed by atoms with Crippen LogP contribution in [-0.4, -0.2) is 29.9 Å². The van der Waals surface area contributed by atoms with Crippen LogP contribution in [0.4, 0.5) is 0 Å². The highest BCUT2D eigenvalue weighted by Crippen LogP contribution is 2.12. The van der Waals surface area contributed by atoms with Gasteiger partial charge < -0.3 is 4.90 Å². The number of likely N-dealkylation sites (tertiary alicyclic amines) is 1. The number of carbonyl (C=O) groups excluding carboxylic acids is 1. The molecule has 0 saturated carbocycles. The van der Waals surface area contributed by atoms with Gasteiger partial charge in [0.15, 0.2) is 0 Å². The van der Waals surface area contributed by atoms with Crippen LogP contribution in [0.15, 0.2) is 0 Å². The molecular weight excluding hydrogens is 166 g/mol. The summed E-state index contributed by atoms with van der Waals surface area (Å²) < 4.78 is 0. The topological polar surface area (TPSA) is 58.4 Å². The van der Waals surface area contributed by atoms with Crippen LogP contribution in [0.25, 0.3) is 0 Å². The van der Waals surface area contributed by atoms with E-state index in [4.69, 9.17) is 5.84 Å². The number of hydrogen-bond acceptors (Lipinski definition) is 3. The molecule has 0 bridgehead atoms. The Bertz CT molecular complexity index is 176. The Kier molecular flexibility index (Phi) is 3.69. The summed E-state index contributed by atoms with van der Waals surface area (Å²) in [5.74, 6) is 5.74. The predicted molar refractivity (Wildman–Crippen MR) is 51.8 cm³/mol. The molecule has 1 atom stereocenters. The molecule has 0 spiro atoms. The number of hydrazine groups is 1. The lowest BCUT2D eigenvalue weighted by atomic mass is 10.0. The lowest BCUT2D eigenvalue weighted by Gasteiger charge is -2.24. The van der Waals surface area contributed by atoms with Gasteiger partial charge in [-0.3, -0.25) is 10.6 Å². The Morgan fingerprint density at radius 1 is 1.38 bits per heavy atom. The van der Waals surface area contributed by atoms with Gasteiger partial charge in [-0.25, -0.2) is 5.43 Å². The SMILES string of the molecule is CC(C)[C@H](NN)C(=O)N1CCCC1. The van der Waals surface area contributed by atoms with Crippen molar-refractivity contribution in [3.63, 3.8) is 0 Å². The maximum absolute atomic E-state index is 11.8. The predicted octanol–water partition coefficient (Wildman–Crippen LogP) is 0.0967. The third-order valence-corrected chi connectivity index (χ3v) is 2.53. The molecule has 1 saturated heterocycles. The molecule has 76 valence electrons. The van der Waals surface area contributed by atoms with Gasteiger partial charge in [-0.15, -0.1) is 0 Å². The first-order valence-electron chi connectivity index (χ1n) is 4.91. The first-order valence-corrected chi connectivity index (χ1v) is 4.91. The Balaban J connectivity index is 2.52. The lowest BCUT2D eigenvalue weighted by Crippen LogP contribution is -2.51. The molecule has 0 aromatic heterocycles. The van der Waals surface area contributed by atoms with Gasteiger partial charge in [-0.2, -0.15) is 0 Å². The molecule has 0 aliphatic carbocycles. The van der Waals surface area contributed by atoms with Crippen LogP contribution in [0.5, 0.6) is 0 Å². The van der Waals surface area contributed by atoms with Crippen molar-refractivity contribution in [1.82, 2.24) is 10.3 Å². The zero-order valence-corrected chi connectivity index (χ0v) is 8.42. The minimum atomic E-state index is -0.224. The number of nitrogens with two attached hydrogens (primary N) is 1. The summed E-state index contributed by atoms with van der Waals surface area (Å²) in [6.07, 6.45) is 2.25. The fourth-order valence-electron chi connectivity index (χ4n) is 1.68. The van der Waals surface area contributed by atoms with Crippen LogP contribution in [0, 0.1) is 5.92 Å². The fraction of sp³-hybridized carbons (Fsp3) is 0.889. The minimum Gasteiger partial charge on any atom is -0.341 e. The molecule has 1 heterocycles. The quantitative estimate of drug-likeness (QED) is 0.484. The average molecular weight is 185 g/mol. The van der Waals surface area contributed by atoms with E-state index in [0.29, 0.717) is 0 Å². The van der Waals surface area contributed by atoms with Gasteiger partial charge in [0.2, 0.25) is 5.91 Å². The molecule has 1 amide bonds. The summed E-state index contributed by atoms with van der Waals surface area (Å²) in [5, 5.41) is 0. The van der Waals surface area contributed by atoms with Gasteiger partial charge in [0, 0.05) is 13.1 Å². The number of nitrogens with zero attached hydrogens (tertiary/aromatic N) is 1. The van der Waals surface area contributed by atoms with E-state index in [9.17, 15) is 4.79 Å². The zero-order chi connectivity index (χ0) is 9.84. The van der Waals surface area contributed by atoms with Crippen molar-refractivity contribution < 1.29 is 4.79 Å². The van der Waals surface area contributed by atoms with Crippen molar-refractivity contribution in [2.24, 2.45) is 11.8 Å². The van der Waals surface area contributed by atoms with E-state index in [0.717, 1.165) is 25.9 Å². The number of amides is 1. The number of nitrogens with one attached hydrogen (secondary N) is 1. The number of carbonyl (C=O) groups is 1. The molecule has 1 fully saturated rings. The van der Waals surface area contributed by atoms with Crippen LogP contribution >= 0.6 is 0 Å². The van der Waals surface area contributed by atoms with Crippen LogP contribution in [0.2, 0.25) is 0 Å². The second-order valence-electron chi connectivity index (χ2n) is 3.92. The molecular formula is C9H19N3O. The van der Waals surface area contributed by atoms with E-state index in [1.165, 1.54) is 0 Å². The molecule has 1 aliphatic heterocycles. The summed E-state index contributed by atoms with van der Waals surface area (Å²) in [4.78, 5) is 13.7. The van der Waals surface area contributed by atoms with Crippen LogP contribution in [0.1, 0.15) is 26.7 Å². The number of rotatable bonds is 3. The molecule has 0 radical (unpaired) electrons. The van der Waals surface area contributed by atoms with Crippen molar-refractivity contribution in [1.29, 1.82) is 0 Å². The third-order valence-electron chi connectivity index (χ3n) is 2.53. The molecule has 0 aromatic carbocycles. The summed E-state index contributed by atoms with van der Waals surface area (Å²) >= 11 is 0. The van der Waals surface area contributed by atoms with Gasteiger partial charge in [0.1, 0.15) is 6.04 Å². The van der Waals surface area contributed by atoms with Crippen LogP contribution < -0.4 is 11.3 Å². The molecule has 0 aromatic rings. The Morgan fingerprint density at radius 3 is 2.31 bits per heavy atom. The van der Waals surface area contributed by atoms with E-state index in [1.807, 2.05) is 18.7 Å². The fourth-order valence-corrected chi connectivity index (χ4v) is 1.68. The zero-order valence-electron chi connectivity index (χ0n) is 8.42. The molecule has 1 aliphatic rings. The summed E-state index contributed by atoms with van der Waals surface area (Å²) in [6, 6.07) is -0.224. The highest BCUT2D eigenvalue weighted by molar-refractivity contribution is 5.82. The summed E-state index contributed by atoms with van der Waals surface area (Å²) in [6.45, 7) is 5.78. The Hall–Kier alpha value is -0.610. The largest absolute Gasteiger partial charge is 0.341 e.